The summed E-state index contributed by atoms with van der Waals surface area (Å²) in [6, 6.07) is 27.6. The van der Waals surface area contributed by atoms with Crippen molar-refractivity contribution in [3.8, 4) is 23.0 Å². The largest absolute Gasteiger partial charge is 0.507 e. The lowest BCUT2D eigenvalue weighted by Gasteiger charge is -2.45. The Labute approximate surface area is 385 Å². The zero-order valence-electron chi connectivity index (χ0n) is 36.6. The van der Waals surface area contributed by atoms with Crippen molar-refractivity contribution >= 4 is 11.9 Å². The number of nitrogens with zero attached hydrogens (tertiary/aromatic N) is 6. The molecule has 1 fully saturated rings. The first kappa shape index (κ1) is 48.0. The number of aromatic hydroxyl groups is 2. The fraction of sp³-hybridized carbons (Fsp3) is 0.362. The SMILES string of the molecule is CO[C@H]1O[C@H](COCc2ccccc2)[C@@H](OCc2ccccc2)[C@H](OCc2cn(CCCOc3ccc(O)c(C(=O)O)c3)nn2)[C@H]1OCc1cn(CCCOc2ccc(O)c(C(=O)O)c2)nn1. The Hall–Kier alpha value is -6.94. The van der Waals surface area contributed by atoms with Crippen LogP contribution in [0.15, 0.2) is 109 Å². The molecule has 4 aromatic carbocycles. The van der Waals surface area contributed by atoms with Gasteiger partial charge in [-0.3, -0.25) is 9.36 Å². The Morgan fingerprint density at radius 1 is 0.627 bits per heavy atom. The Balaban J connectivity index is 1.02. The number of carbonyl (C=O) groups is 2. The van der Waals surface area contributed by atoms with Crippen LogP contribution >= 0.6 is 0 Å². The molecule has 1 aliphatic rings. The molecule has 1 aliphatic heterocycles. The third-order valence-electron chi connectivity index (χ3n) is 10.5. The zero-order chi connectivity index (χ0) is 47.0. The van der Waals surface area contributed by atoms with Crippen LogP contribution in [0.4, 0.5) is 0 Å². The van der Waals surface area contributed by atoms with Crippen molar-refractivity contribution in [1.82, 2.24) is 30.0 Å². The Bertz CT molecular complexity index is 2490. The van der Waals surface area contributed by atoms with E-state index in [0.29, 0.717) is 55.4 Å². The summed E-state index contributed by atoms with van der Waals surface area (Å²) < 4.78 is 53.3. The minimum Gasteiger partial charge on any atom is -0.507 e. The normalized spacial score (nSPS) is 18.1. The molecule has 5 atom stereocenters. The van der Waals surface area contributed by atoms with Gasteiger partial charge in [-0.05, 0) is 47.5 Å². The number of aryl methyl sites for hydroxylation is 2. The third-order valence-corrected chi connectivity index (χ3v) is 10.5. The number of phenols is 2. The fourth-order valence-electron chi connectivity index (χ4n) is 7.18. The number of hydrogen-bond acceptors (Lipinski definition) is 16. The predicted octanol–water partition coefficient (Wildman–Crippen LogP) is 5.26. The van der Waals surface area contributed by atoms with Crippen molar-refractivity contribution < 1.29 is 67.9 Å². The highest BCUT2D eigenvalue weighted by atomic mass is 16.7. The average molecular weight is 925 g/mol. The fourth-order valence-corrected chi connectivity index (χ4v) is 7.18. The summed E-state index contributed by atoms with van der Waals surface area (Å²) >= 11 is 0. The molecule has 0 unspecified atom stereocenters. The van der Waals surface area contributed by atoms with E-state index in [1.807, 2.05) is 60.7 Å². The summed E-state index contributed by atoms with van der Waals surface area (Å²) in [6.45, 7) is 2.14. The van der Waals surface area contributed by atoms with E-state index in [0.717, 1.165) is 11.1 Å². The van der Waals surface area contributed by atoms with Crippen LogP contribution in [-0.4, -0.2) is 120 Å². The van der Waals surface area contributed by atoms with E-state index in [1.54, 1.807) is 21.8 Å². The molecule has 0 bridgehead atoms. The molecule has 7 rings (SSSR count). The van der Waals surface area contributed by atoms with E-state index in [-0.39, 0.29) is 62.3 Å². The van der Waals surface area contributed by atoms with Gasteiger partial charge in [0.15, 0.2) is 6.29 Å². The highest BCUT2D eigenvalue weighted by molar-refractivity contribution is 5.91. The van der Waals surface area contributed by atoms with Gasteiger partial charge in [-0.25, -0.2) is 9.59 Å². The van der Waals surface area contributed by atoms with Crippen LogP contribution in [0.25, 0.3) is 0 Å². The number of aromatic carboxylic acids is 2. The first-order valence-electron chi connectivity index (χ1n) is 21.5. The smallest absolute Gasteiger partial charge is 0.339 e. The molecule has 0 spiro atoms. The standard InChI is InChI=1S/C47H52N6O14/c1-60-47-44(66-29-34-25-53(51-49-34)19-9-21-63-36-15-17-40(55)38(23-36)46(58)59)43(42(64-27-32-12-6-3-7-13-32)41(67-47)30-61-26-31-10-4-2-5-11-31)65-28-33-24-52(50-48-33)18-8-20-62-35-14-16-39(54)37(22-35)45(56)57/h2-7,10-17,22-25,41-44,47,54-55H,8-9,18-21,26-30H2,1H3,(H,56,57)(H,58,59)/t41-,42-,43+,44-,47+/m1/s1. The van der Waals surface area contributed by atoms with Crippen LogP contribution < -0.4 is 9.47 Å². The molecule has 67 heavy (non-hydrogen) atoms. The van der Waals surface area contributed by atoms with Gasteiger partial charge in [0, 0.05) is 33.0 Å². The Kier molecular flexibility index (Phi) is 17.2. The van der Waals surface area contributed by atoms with Gasteiger partial charge in [-0.2, -0.15) is 0 Å². The molecule has 0 aliphatic carbocycles. The summed E-state index contributed by atoms with van der Waals surface area (Å²) in [6.07, 6.45) is 0.611. The number of hydrogen-bond donors (Lipinski definition) is 4. The molecule has 0 radical (unpaired) electrons. The molecular formula is C47H52N6O14. The van der Waals surface area contributed by atoms with Gasteiger partial charge in [0.25, 0.3) is 0 Å². The maximum Gasteiger partial charge on any atom is 0.339 e. The minimum atomic E-state index is -1.26. The lowest BCUT2D eigenvalue weighted by atomic mass is 9.98. The van der Waals surface area contributed by atoms with Crippen LogP contribution in [0.3, 0.4) is 0 Å². The Morgan fingerprint density at radius 3 is 1.63 bits per heavy atom. The monoisotopic (exact) mass is 924 g/mol. The molecule has 0 amide bonds. The number of rotatable bonds is 26. The minimum absolute atomic E-state index is 0.0102. The third kappa shape index (κ3) is 13.8. The predicted molar refractivity (Wildman–Crippen MR) is 234 cm³/mol. The van der Waals surface area contributed by atoms with Crippen LogP contribution in [0.2, 0.25) is 0 Å². The summed E-state index contributed by atoms with van der Waals surface area (Å²) in [5, 5.41) is 55.4. The molecular weight excluding hydrogens is 873 g/mol. The van der Waals surface area contributed by atoms with Gasteiger partial charge in [-0.1, -0.05) is 71.1 Å². The second-order valence-electron chi connectivity index (χ2n) is 15.4. The highest BCUT2D eigenvalue weighted by Crippen LogP contribution is 2.31. The van der Waals surface area contributed by atoms with E-state index in [4.69, 9.17) is 37.9 Å². The van der Waals surface area contributed by atoms with Crippen LogP contribution in [0, 0.1) is 0 Å². The summed E-state index contributed by atoms with van der Waals surface area (Å²) in [4.78, 5) is 22.8. The number of carboxylic acids is 2. The van der Waals surface area contributed by atoms with Gasteiger partial charge < -0.3 is 58.3 Å². The van der Waals surface area contributed by atoms with Crippen molar-refractivity contribution in [3.63, 3.8) is 0 Å². The van der Waals surface area contributed by atoms with E-state index < -0.39 is 42.6 Å². The first-order chi connectivity index (χ1) is 32.6. The van der Waals surface area contributed by atoms with E-state index in [2.05, 4.69) is 20.6 Å². The van der Waals surface area contributed by atoms with Crippen LogP contribution in [0.1, 0.15) is 56.1 Å². The van der Waals surface area contributed by atoms with E-state index in [9.17, 15) is 30.0 Å². The van der Waals surface area contributed by atoms with Gasteiger partial charge >= 0.3 is 11.9 Å². The number of carboxylic acid groups (broad SMARTS) is 2. The average Bonchev–Trinajstić information content (AvgIpc) is 4.00. The van der Waals surface area contributed by atoms with E-state index in [1.165, 1.54) is 43.5 Å². The summed E-state index contributed by atoms with van der Waals surface area (Å²) in [5.74, 6) is -2.57. The number of benzene rings is 4. The van der Waals surface area contributed by atoms with Crippen molar-refractivity contribution in [2.75, 3.05) is 26.9 Å². The molecule has 0 saturated carbocycles. The lowest BCUT2D eigenvalue weighted by molar-refractivity contribution is -0.323. The number of aromatic nitrogens is 6. The molecule has 20 nitrogen and oxygen atoms in total. The highest BCUT2D eigenvalue weighted by Gasteiger charge is 2.49. The summed E-state index contributed by atoms with van der Waals surface area (Å²) in [5.41, 5.74) is 2.49. The van der Waals surface area contributed by atoms with Crippen molar-refractivity contribution in [1.29, 1.82) is 0 Å². The molecule has 2 aromatic heterocycles. The van der Waals surface area contributed by atoms with Crippen molar-refractivity contribution in [2.24, 2.45) is 0 Å². The molecule has 354 valence electrons. The second-order valence-corrected chi connectivity index (χ2v) is 15.4. The van der Waals surface area contributed by atoms with Crippen LogP contribution in [-0.2, 0) is 67.9 Å². The van der Waals surface area contributed by atoms with Gasteiger partial charge in [0.05, 0.1) is 58.6 Å². The first-order valence-corrected chi connectivity index (χ1v) is 21.5. The van der Waals surface area contributed by atoms with Gasteiger partial charge in [0.1, 0.15) is 69.9 Å². The lowest BCUT2D eigenvalue weighted by Crippen LogP contribution is -2.61. The molecule has 6 aromatic rings. The zero-order valence-corrected chi connectivity index (χ0v) is 36.6. The van der Waals surface area contributed by atoms with Gasteiger partial charge in [0.2, 0.25) is 0 Å². The number of ether oxygens (including phenoxy) is 8. The van der Waals surface area contributed by atoms with Crippen molar-refractivity contribution in [2.45, 2.75) is 83.1 Å². The maximum absolute atomic E-state index is 11.4. The van der Waals surface area contributed by atoms with E-state index >= 15 is 0 Å². The molecule has 1 saturated heterocycles. The van der Waals surface area contributed by atoms with Gasteiger partial charge in [-0.15, -0.1) is 10.2 Å². The van der Waals surface area contributed by atoms with Crippen molar-refractivity contribution in [3.05, 3.63) is 143 Å². The topological polar surface area (TPSA) is 250 Å². The van der Waals surface area contributed by atoms with Crippen LogP contribution in [0.5, 0.6) is 23.0 Å². The molecule has 20 heteroatoms. The molecule has 4 N–H and O–H groups in total. The number of methoxy groups -OCH3 is 1. The maximum atomic E-state index is 11.4. The molecule has 3 heterocycles. The Morgan fingerprint density at radius 2 is 1.12 bits per heavy atom. The summed E-state index contributed by atoms with van der Waals surface area (Å²) in [7, 11) is 1.52. The quantitative estimate of drug-likeness (QED) is 0.0507. The second kappa shape index (κ2) is 24.0.